The molecule has 1 N–H and O–H groups in total. The number of benzene rings is 1. The summed E-state index contributed by atoms with van der Waals surface area (Å²) < 4.78 is 12.2. The van der Waals surface area contributed by atoms with Crippen molar-refractivity contribution < 1.29 is 9.47 Å². The molecular formula is C13H16BrNO2. The standard InChI is InChI=1S/C13H16BrNO2/c1-8-9(14)6-11-13(17-7-16-11)12(8)10-4-2-3-5-15-10/h6,10,15H,2-5,7H2,1H3. The molecule has 0 spiro atoms. The third kappa shape index (κ3) is 1.93. The van der Waals surface area contributed by atoms with E-state index in [1.165, 1.54) is 30.4 Å². The molecule has 2 aliphatic heterocycles. The zero-order valence-corrected chi connectivity index (χ0v) is 11.5. The van der Waals surface area contributed by atoms with Crippen molar-refractivity contribution in [1.29, 1.82) is 0 Å². The molecule has 1 atom stereocenters. The van der Waals surface area contributed by atoms with Crippen LogP contribution < -0.4 is 14.8 Å². The van der Waals surface area contributed by atoms with Gasteiger partial charge in [0.2, 0.25) is 6.79 Å². The van der Waals surface area contributed by atoms with Gasteiger partial charge in [-0.1, -0.05) is 22.4 Å². The maximum Gasteiger partial charge on any atom is 0.231 e. The number of fused-ring (bicyclic) bond motifs is 1. The van der Waals surface area contributed by atoms with Gasteiger partial charge in [-0.25, -0.2) is 0 Å². The summed E-state index contributed by atoms with van der Waals surface area (Å²) in [5.41, 5.74) is 2.53. The molecule has 1 fully saturated rings. The minimum absolute atomic E-state index is 0.338. The van der Waals surface area contributed by atoms with Gasteiger partial charge in [-0.2, -0.15) is 0 Å². The van der Waals surface area contributed by atoms with E-state index in [-0.39, 0.29) is 0 Å². The minimum atomic E-state index is 0.338. The molecule has 2 aliphatic rings. The first kappa shape index (κ1) is 11.4. The highest BCUT2D eigenvalue weighted by atomic mass is 79.9. The van der Waals surface area contributed by atoms with Crippen LogP contribution in [0, 0.1) is 6.92 Å². The number of nitrogens with one attached hydrogen (secondary N) is 1. The second-order valence-electron chi connectivity index (χ2n) is 4.63. The van der Waals surface area contributed by atoms with Crippen molar-refractivity contribution in [3.8, 4) is 11.5 Å². The SMILES string of the molecule is Cc1c(Br)cc2c(c1C1CCCCN1)OCO2. The predicted octanol–water partition coefficient (Wildman–Crippen LogP) is 3.30. The van der Waals surface area contributed by atoms with Crippen LogP contribution in [0.25, 0.3) is 0 Å². The van der Waals surface area contributed by atoms with Crippen molar-refractivity contribution in [2.45, 2.75) is 32.2 Å². The number of piperidine rings is 1. The lowest BCUT2D eigenvalue weighted by Gasteiger charge is -2.26. The largest absolute Gasteiger partial charge is 0.454 e. The normalized spacial score (nSPS) is 22.8. The molecule has 1 unspecified atom stereocenters. The topological polar surface area (TPSA) is 30.5 Å². The summed E-state index contributed by atoms with van der Waals surface area (Å²) in [7, 11) is 0. The van der Waals surface area contributed by atoms with Gasteiger partial charge in [-0.15, -0.1) is 0 Å². The number of ether oxygens (including phenoxy) is 2. The molecule has 0 amide bonds. The van der Waals surface area contributed by atoms with Crippen LogP contribution in [0.15, 0.2) is 10.5 Å². The Morgan fingerprint density at radius 1 is 1.35 bits per heavy atom. The van der Waals surface area contributed by atoms with Gasteiger partial charge in [0.05, 0.1) is 0 Å². The van der Waals surface area contributed by atoms with E-state index in [2.05, 4.69) is 28.2 Å². The molecule has 1 aromatic rings. The summed E-state index contributed by atoms with van der Waals surface area (Å²) in [4.78, 5) is 0. The van der Waals surface area contributed by atoms with Gasteiger partial charge in [-0.05, 0) is 37.9 Å². The monoisotopic (exact) mass is 297 g/mol. The van der Waals surface area contributed by atoms with Crippen molar-refractivity contribution in [2.24, 2.45) is 0 Å². The Hall–Kier alpha value is -0.740. The van der Waals surface area contributed by atoms with Crippen LogP contribution in [0.4, 0.5) is 0 Å². The summed E-state index contributed by atoms with van der Waals surface area (Å²) in [6.45, 7) is 3.56. The van der Waals surface area contributed by atoms with E-state index < -0.39 is 0 Å². The number of rotatable bonds is 1. The molecular weight excluding hydrogens is 282 g/mol. The molecule has 92 valence electrons. The fourth-order valence-corrected chi connectivity index (χ4v) is 3.07. The zero-order chi connectivity index (χ0) is 11.8. The van der Waals surface area contributed by atoms with Crippen molar-refractivity contribution in [3.05, 3.63) is 21.7 Å². The summed E-state index contributed by atoms with van der Waals surface area (Å²) in [6, 6.07) is 2.40. The molecule has 2 heterocycles. The highest BCUT2D eigenvalue weighted by Crippen LogP contribution is 2.45. The Bertz CT molecular complexity index is 442. The highest BCUT2D eigenvalue weighted by molar-refractivity contribution is 9.10. The first-order valence-electron chi connectivity index (χ1n) is 6.09. The van der Waals surface area contributed by atoms with E-state index in [1.807, 2.05) is 6.07 Å². The summed E-state index contributed by atoms with van der Waals surface area (Å²) in [5, 5.41) is 3.58. The van der Waals surface area contributed by atoms with E-state index >= 15 is 0 Å². The number of halogens is 1. The molecule has 0 saturated carbocycles. The zero-order valence-electron chi connectivity index (χ0n) is 9.88. The smallest absolute Gasteiger partial charge is 0.231 e. The van der Waals surface area contributed by atoms with Crippen LogP contribution >= 0.6 is 15.9 Å². The summed E-state index contributed by atoms with van der Waals surface area (Å²) in [6.07, 6.45) is 3.72. The van der Waals surface area contributed by atoms with Crippen molar-refractivity contribution in [1.82, 2.24) is 5.32 Å². The van der Waals surface area contributed by atoms with Crippen molar-refractivity contribution in [3.63, 3.8) is 0 Å². The summed E-state index contributed by atoms with van der Waals surface area (Å²) in [5.74, 6) is 1.80. The fourth-order valence-electron chi connectivity index (χ4n) is 2.65. The Morgan fingerprint density at radius 2 is 2.24 bits per heavy atom. The van der Waals surface area contributed by atoms with Crippen LogP contribution in [0.5, 0.6) is 11.5 Å². The Morgan fingerprint density at radius 3 is 3.00 bits per heavy atom. The second kappa shape index (κ2) is 4.50. The van der Waals surface area contributed by atoms with Gasteiger partial charge in [0, 0.05) is 16.1 Å². The molecule has 0 radical (unpaired) electrons. The molecule has 17 heavy (non-hydrogen) atoms. The molecule has 0 aliphatic carbocycles. The molecule has 3 nitrogen and oxygen atoms in total. The van der Waals surface area contributed by atoms with Crippen LogP contribution in [-0.2, 0) is 0 Å². The van der Waals surface area contributed by atoms with Crippen LogP contribution in [0.1, 0.15) is 36.4 Å². The van der Waals surface area contributed by atoms with Gasteiger partial charge in [0.1, 0.15) is 0 Å². The van der Waals surface area contributed by atoms with Crippen molar-refractivity contribution >= 4 is 15.9 Å². The average molecular weight is 298 g/mol. The molecule has 1 aromatic carbocycles. The lowest BCUT2D eigenvalue weighted by Crippen LogP contribution is -2.27. The van der Waals surface area contributed by atoms with Gasteiger partial charge < -0.3 is 14.8 Å². The van der Waals surface area contributed by atoms with E-state index in [1.54, 1.807) is 0 Å². The van der Waals surface area contributed by atoms with E-state index in [4.69, 9.17) is 9.47 Å². The molecule has 0 bridgehead atoms. The maximum atomic E-state index is 5.64. The van der Waals surface area contributed by atoms with Gasteiger partial charge in [0.25, 0.3) is 0 Å². The lowest BCUT2D eigenvalue weighted by atomic mass is 9.93. The van der Waals surface area contributed by atoms with Gasteiger partial charge in [0.15, 0.2) is 11.5 Å². The van der Waals surface area contributed by atoms with Gasteiger partial charge >= 0.3 is 0 Å². The third-order valence-electron chi connectivity index (χ3n) is 3.56. The molecule has 1 saturated heterocycles. The van der Waals surface area contributed by atoms with Crippen LogP contribution in [-0.4, -0.2) is 13.3 Å². The van der Waals surface area contributed by atoms with E-state index in [0.29, 0.717) is 12.8 Å². The first-order valence-corrected chi connectivity index (χ1v) is 6.88. The first-order chi connectivity index (χ1) is 8.27. The quantitative estimate of drug-likeness (QED) is 0.863. The Labute approximate surface area is 110 Å². The van der Waals surface area contributed by atoms with Crippen LogP contribution in [0.3, 0.4) is 0 Å². The fraction of sp³-hybridized carbons (Fsp3) is 0.538. The lowest BCUT2D eigenvalue weighted by molar-refractivity contribution is 0.172. The van der Waals surface area contributed by atoms with Crippen molar-refractivity contribution in [2.75, 3.05) is 13.3 Å². The molecule has 3 rings (SSSR count). The third-order valence-corrected chi connectivity index (χ3v) is 4.39. The summed E-state index contributed by atoms with van der Waals surface area (Å²) >= 11 is 3.60. The van der Waals surface area contributed by atoms with E-state index in [0.717, 1.165) is 22.5 Å². The maximum absolute atomic E-state index is 5.64. The number of hydrogen-bond acceptors (Lipinski definition) is 3. The second-order valence-corrected chi connectivity index (χ2v) is 5.49. The molecule has 0 aromatic heterocycles. The average Bonchev–Trinajstić information content (AvgIpc) is 2.79. The van der Waals surface area contributed by atoms with E-state index in [9.17, 15) is 0 Å². The van der Waals surface area contributed by atoms with Crippen LogP contribution in [0.2, 0.25) is 0 Å². The Kier molecular flexibility index (Phi) is 3.01. The number of hydrogen-bond donors (Lipinski definition) is 1. The Balaban J connectivity index is 2.07. The predicted molar refractivity (Wildman–Crippen MR) is 69.6 cm³/mol. The highest BCUT2D eigenvalue weighted by Gasteiger charge is 2.27. The minimum Gasteiger partial charge on any atom is -0.454 e. The van der Waals surface area contributed by atoms with Gasteiger partial charge in [-0.3, -0.25) is 0 Å². The molecule has 4 heteroatoms.